The Labute approximate surface area is 125 Å². The lowest BCUT2D eigenvalue weighted by molar-refractivity contribution is 0.336. The predicted octanol–water partition coefficient (Wildman–Crippen LogP) is 2.00. The van der Waals surface area contributed by atoms with E-state index in [2.05, 4.69) is 9.71 Å². The Morgan fingerprint density at radius 2 is 2.00 bits per heavy atom. The zero-order valence-corrected chi connectivity index (χ0v) is 12.6. The van der Waals surface area contributed by atoms with E-state index < -0.39 is 10.0 Å². The number of para-hydroxylation sites is 1. The Kier molecular flexibility index (Phi) is 5.30. The SMILES string of the molecule is CCOc1ccccc1CCNS(=O)(=O)c1cccnc1. The summed E-state index contributed by atoms with van der Waals surface area (Å²) in [7, 11) is -3.51. The first-order valence-corrected chi connectivity index (χ1v) is 8.22. The van der Waals surface area contributed by atoms with Gasteiger partial charge < -0.3 is 4.74 Å². The van der Waals surface area contributed by atoms with Gasteiger partial charge in [-0.15, -0.1) is 0 Å². The lowest BCUT2D eigenvalue weighted by Gasteiger charge is -2.10. The van der Waals surface area contributed by atoms with E-state index in [1.165, 1.54) is 18.5 Å². The van der Waals surface area contributed by atoms with E-state index in [0.717, 1.165) is 11.3 Å². The molecule has 1 N–H and O–H groups in total. The summed E-state index contributed by atoms with van der Waals surface area (Å²) in [5.41, 5.74) is 0.980. The van der Waals surface area contributed by atoms with Crippen LogP contribution >= 0.6 is 0 Å². The van der Waals surface area contributed by atoms with Crippen LogP contribution in [0, 0.1) is 0 Å². The van der Waals surface area contributed by atoms with Crippen molar-refractivity contribution < 1.29 is 13.2 Å². The summed E-state index contributed by atoms with van der Waals surface area (Å²) in [6, 6.07) is 10.7. The fourth-order valence-corrected chi connectivity index (χ4v) is 2.91. The number of hydrogen-bond acceptors (Lipinski definition) is 4. The molecular weight excluding hydrogens is 288 g/mol. The highest BCUT2D eigenvalue weighted by Crippen LogP contribution is 2.18. The molecule has 0 fully saturated rings. The van der Waals surface area contributed by atoms with Crippen molar-refractivity contribution in [3.8, 4) is 5.75 Å². The van der Waals surface area contributed by atoms with Crippen LogP contribution in [0.25, 0.3) is 0 Å². The second kappa shape index (κ2) is 7.19. The van der Waals surface area contributed by atoms with Gasteiger partial charge in [0, 0.05) is 18.9 Å². The zero-order valence-electron chi connectivity index (χ0n) is 11.8. The van der Waals surface area contributed by atoms with Gasteiger partial charge >= 0.3 is 0 Å². The number of pyridine rings is 1. The lowest BCUT2D eigenvalue weighted by Crippen LogP contribution is -2.26. The topological polar surface area (TPSA) is 68.3 Å². The molecule has 0 aliphatic rings. The first-order chi connectivity index (χ1) is 10.1. The molecule has 0 aliphatic carbocycles. The molecule has 0 saturated carbocycles. The normalized spacial score (nSPS) is 11.3. The van der Waals surface area contributed by atoms with Crippen molar-refractivity contribution in [2.75, 3.05) is 13.2 Å². The van der Waals surface area contributed by atoms with Crippen molar-refractivity contribution in [1.29, 1.82) is 0 Å². The highest BCUT2D eigenvalue weighted by Gasteiger charge is 2.13. The van der Waals surface area contributed by atoms with Crippen molar-refractivity contribution in [3.63, 3.8) is 0 Å². The molecule has 0 saturated heterocycles. The van der Waals surface area contributed by atoms with Gasteiger partial charge in [-0.2, -0.15) is 0 Å². The molecule has 0 aliphatic heterocycles. The molecule has 1 heterocycles. The summed E-state index contributed by atoms with van der Waals surface area (Å²) >= 11 is 0. The third-order valence-electron chi connectivity index (χ3n) is 2.90. The Bertz CT molecular complexity index is 672. The van der Waals surface area contributed by atoms with E-state index in [1.807, 2.05) is 31.2 Å². The largest absolute Gasteiger partial charge is 0.494 e. The summed E-state index contributed by atoms with van der Waals surface area (Å²) in [5.74, 6) is 0.792. The van der Waals surface area contributed by atoms with Crippen LogP contribution in [0.4, 0.5) is 0 Å². The molecule has 0 amide bonds. The van der Waals surface area contributed by atoms with E-state index >= 15 is 0 Å². The maximum absolute atomic E-state index is 12.1. The minimum Gasteiger partial charge on any atom is -0.494 e. The first kappa shape index (κ1) is 15.5. The van der Waals surface area contributed by atoms with Crippen LogP contribution in [0.5, 0.6) is 5.75 Å². The summed E-state index contributed by atoms with van der Waals surface area (Å²) in [6.07, 6.45) is 3.43. The third-order valence-corrected chi connectivity index (χ3v) is 4.35. The van der Waals surface area contributed by atoms with Gasteiger partial charge in [-0.05, 0) is 37.1 Å². The maximum atomic E-state index is 12.1. The number of ether oxygens (including phenoxy) is 1. The molecule has 6 heteroatoms. The smallest absolute Gasteiger partial charge is 0.242 e. The fourth-order valence-electron chi connectivity index (χ4n) is 1.92. The van der Waals surface area contributed by atoms with Crippen molar-refractivity contribution in [3.05, 3.63) is 54.4 Å². The molecule has 2 rings (SSSR count). The summed E-state index contributed by atoms with van der Waals surface area (Å²) in [6.45, 7) is 2.81. The van der Waals surface area contributed by atoms with Gasteiger partial charge in [-0.3, -0.25) is 4.98 Å². The van der Waals surface area contributed by atoms with Crippen LogP contribution in [0.2, 0.25) is 0 Å². The van der Waals surface area contributed by atoms with E-state index in [0.29, 0.717) is 19.6 Å². The minimum absolute atomic E-state index is 0.170. The molecular formula is C15H18N2O3S. The van der Waals surface area contributed by atoms with Gasteiger partial charge in [-0.25, -0.2) is 13.1 Å². The fraction of sp³-hybridized carbons (Fsp3) is 0.267. The minimum atomic E-state index is -3.51. The summed E-state index contributed by atoms with van der Waals surface area (Å²) in [4.78, 5) is 3.99. The molecule has 0 bridgehead atoms. The van der Waals surface area contributed by atoms with Crippen LogP contribution in [0.1, 0.15) is 12.5 Å². The summed E-state index contributed by atoms with van der Waals surface area (Å²) in [5, 5.41) is 0. The number of nitrogens with zero attached hydrogens (tertiary/aromatic N) is 1. The highest BCUT2D eigenvalue weighted by molar-refractivity contribution is 7.89. The van der Waals surface area contributed by atoms with Gasteiger partial charge in [0.05, 0.1) is 6.61 Å². The van der Waals surface area contributed by atoms with Gasteiger partial charge in [-0.1, -0.05) is 18.2 Å². The van der Waals surface area contributed by atoms with Crippen LogP contribution in [-0.4, -0.2) is 26.6 Å². The maximum Gasteiger partial charge on any atom is 0.242 e. The Hall–Kier alpha value is -1.92. The average molecular weight is 306 g/mol. The number of nitrogens with one attached hydrogen (secondary N) is 1. The van der Waals surface area contributed by atoms with E-state index in [1.54, 1.807) is 6.07 Å². The second-order valence-corrected chi connectivity index (χ2v) is 6.14. The van der Waals surface area contributed by atoms with Crippen LogP contribution in [-0.2, 0) is 16.4 Å². The molecule has 0 radical (unpaired) electrons. The molecule has 21 heavy (non-hydrogen) atoms. The van der Waals surface area contributed by atoms with Crippen molar-refractivity contribution in [2.24, 2.45) is 0 Å². The monoisotopic (exact) mass is 306 g/mol. The molecule has 0 spiro atoms. The quantitative estimate of drug-likeness (QED) is 0.849. The van der Waals surface area contributed by atoms with Crippen LogP contribution in [0.3, 0.4) is 0 Å². The molecule has 1 aromatic carbocycles. The molecule has 0 unspecified atom stereocenters. The number of hydrogen-bond donors (Lipinski definition) is 1. The van der Waals surface area contributed by atoms with E-state index in [-0.39, 0.29) is 4.90 Å². The molecule has 0 atom stereocenters. The molecule has 5 nitrogen and oxygen atoms in total. The predicted molar refractivity (Wildman–Crippen MR) is 80.7 cm³/mol. The molecule has 112 valence electrons. The van der Waals surface area contributed by atoms with E-state index in [9.17, 15) is 8.42 Å². The van der Waals surface area contributed by atoms with Gasteiger partial charge in [0.1, 0.15) is 10.6 Å². The van der Waals surface area contributed by atoms with Crippen molar-refractivity contribution in [2.45, 2.75) is 18.2 Å². The van der Waals surface area contributed by atoms with Crippen molar-refractivity contribution in [1.82, 2.24) is 9.71 Å². The third kappa shape index (κ3) is 4.27. The lowest BCUT2D eigenvalue weighted by atomic mass is 10.1. The zero-order chi connectivity index (χ0) is 15.1. The first-order valence-electron chi connectivity index (χ1n) is 6.74. The number of aromatic nitrogens is 1. The number of rotatable bonds is 7. The number of benzene rings is 1. The highest BCUT2D eigenvalue weighted by atomic mass is 32.2. The van der Waals surface area contributed by atoms with E-state index in [4.69, 9.17) is 4.74 Å². The summed E-state index contributed by atoms with van der Waals surface area (Å²) < 4.78 is 32.2. The standard InChI is InChI=1S/C15H18N2O3S/c1-2-20-15-8-4-3-6-13(15)9-11-17-21(18,19)14-7-5-10-16-12-14/h3-8,10,12,17H,2,9,11H2,1H3. The Morgan fingerprint density at radius 1 is 1.19 bits per heavy atom. The average Bonchev–Trinajstić information content (AvgIpc) is 2.50. The second-order valence-electron chi connectivity index (χ2n) is 4.38. The van der Waals surface area contributed by atoms with Gasteiger partial charge in [0.25, 0.3) is 0 Å². The van der Waals surface area contributed by atoms with Crippen molar-refractivity contribution >= 4 is 10.0 Å². The number of sulfonamides is 1. The van der Waals surface area contributed by atoms with Crippen LogP contribution in [0.15, 0.2) is 53.7 Å². The Morgan fingerprint density at radius 3 is 2.71 bits per heavy atom. The molecule has 1 aromatic heterocycles. The van der Waals surface area contributed by atoms with Crippen LogP contribution < -0.4 is 9.46 Å². The van der Waals surface area contributed by atoms with Gasteiger partial charge in [0.2, 0.25) is 10.0 Å². The molecule has 2 aromatic rings. The van der Waals surface area contributed by atoms with Gasteiger partial charge in [0.15, 0.2) is 0 Å². The Balaban J connectivity index is 1.99.